The molecule has 0 saturated carbocycles. The molecule has 1 saturated heterocycles. The number of carbonyl (C=O) groups is 3. The zero-order chi connectivity index (χ0) is 26.5. The molecule has 0 bridgehead atoms. The number of methoxy groups -OCH3 is 1. The Morgan fingerprint density at radius 3 is 2.56 bits per heavy atom. The Kier molecular flexibility index (Phi) is 8.39. The molecular weight excluding hydrogens is 469 g/mol. The number of urea groups is 1. The average Bonchev–Trinajstić information content (AvgIpc) is 3.28. The number of carbonyl (C=O) groups excluding carboxylic acids is 2. The fourth-order valence-corrected chi connectivity index (χ4v) is 4.14. The van der Waals surface area contributed by atoms with Crippen LogP contribution >= 0.6 is 0 Å². The molecule has 0 aliphatic carbocycles. The Balaban J connectivity index is 1.64. The summed E-state index contributed by atoms with van der Waals surface area (Å²) in [6.07, 6.45) is 0.339. The summed E-state index contributed by atoms with van der Waals surface area (Å²) < 4.78 is 24.6. The third-order valence-corrected chi connectivity index (χ3v) is 5.83. The summed E-state index contributed by atoms with van der Waals surface area (Å²) in [5.41, 5.74) is 0.479. The van der Waals surface area contributed by atoms with Gasteiger partial charge in [0.25, 0.3) is 0 Å². The number of halogens is 1. The smallest absolute Gasteiger partial charge is 0.410 e. The lowest BCUT2D eigenvalue weighted by molar-refractivity contribution is -0.143. The molecule has 0 spiro atoms. The van der Waals surface area contributed by atoms with Crippen LogP contribution in [0.5, 0.6) is 5.75 Å². The van der Waals surface area contributed by atoms with Crippen LogP contribution in [0.4, 0.5) is 25.4 Å². The van der Waals surface area contributed by atoms with Gasteiger partial charge in [-0.15, -0.1) is 0 Å². The van der Waals surface area contributed by atoms with Gasteiger partial charge in [-0.3, -0.25) is 4.79 Å². The topological polar surface area (TPSA) is 117 Å². The van der Waals surface area contributed by atoms with Crippen LogP contribution in [0.2, 0.25) is 0 Å². The van der Waals surface area contributed by atoms with Gasteiger partial charge in [0.05, 0.1) is 18.7 Å². The molecule has 0 radical (unpaired) electrons. The Bertz CT molecular complexity index is 1120. The van der Waals surface area contributed by atoms with Gasteiger partial charge in [0.1, 0.15) is 5.60 Å². The van der Waals surface area contributed by atoms with Crippen molar-refractivity contribution in [2.24, 2.45) is 11.8 Å². The van der Waals surface area contributed by atoms with E-state index in [2.05, 4.69) is 10.6 Å². The van der Waals surface area contributed by atoms with E-state index in [-0.39, 0.29) is 23.8 Å². The van der Waals surface area contributed by atoms with Crippen LogP contribution < -0.4 is 15.4 Å². The maximum absolute atomic E-state index is 14.3. The monoisotopic (exact) mass is 501 g/mol. The molecule has 2 aromatic carbocycles. The first-order valence-electron chi connectivity index (χ1n) is 11.7. The number of ether oxygens (including phenoxy) is 2. The van der Waals surface area contributed by atoms with Crippen molar-refractivity contribution in [3.63, 3.8) is 0 Å². The highest BCUT2D eigenvalue weighted by Crippen LogP contribution is 2.29. The normalized spacial score (nSPS) is 16.2. The van der Waals surface area contributed by atoms with Crippen molar-refractivity contribution in [3.05, 3.63) is 53.8 Å². The Morgan fingerprint density at radius 2 is 1.89 bits per heavy atom. The largest absolute Gasteiger partial charge is 0.494 e. The number of benzene rings is 2. The van der Waals surface area contributed by atoms with Crippen molar-refractivity contribution < 1.29 is 33.4 Å². The van der Waals surface area contributed by atoms with E-state index in [9.17, 15) is 23.9 Å². The Morgan fingerprint density at radius 1 is 1.17 bits per heavy atom. The number of hydrogen-bond acceptors (Lipinski definition) is 5. The molecular formula is C26H32FN3O6. The fourth-order valence-electron chi connectivity index (χ4n) is 4.14. The molecule has 9 nitrogen and oxygen atoms in total. The van der Waals surface area contributed by atoms with Crippen LogP contribution in [0, 0.1) is 17.7 Å². The lowest BCUT2D eigenvalue weighted by Crippen LogP contribution is -2.36. The highest BCUT2D eigenvalue weighted by atomic mass is 19.1. The predicted octanol–water partition coefficient (Wildman–Crippen LogP) is 4.98. The molecule has 1 aliphatic heterocycles. The summed E-state index contributed by atoms with van der Waals surface area (Å²) in [6.45, 7) is 6.09. The summed E-state index contributed by atoms with van der Waals surface area (Å²) in [4.78, 5) is 38.4. The molecule has 194 valence electrons. The maximum atomic E-state index is 14.3. The number of carboxylic acid groups (broad SMARTS) is 1. The first kappa shape index (κ1) is 26.8. The quantitative estimate of drug-likeness (QED) is 0.493. The second kappa shape index (κ2) is 11.3. The van der Waals surface area contributed by atoms with Gasteiger partial charge in [-0.25, -0.2) is 14.0 Å². The molecule has 36 heavy (non-hydrogen) atoms. The standard InChI is InChI=1S/C26H32FN3O6/c1-26(2,3)36-25(34)30-12-11-17(15-30)19(23(31)32)14-16-7-5-8-18(13-16)28-24(33)29-20-9-6-10-21(35-4)22(20)27/h5-10,13,17,19H,11-12,14-15H2,1-4H3,(H,31,32)(H2,28,29,33)/t17-,19-/m0/s1. The van der Waals surface area contributed by atoms with E-state index in [1.165, 1.54) is 19.2 Å². The second-order valence-electron chi connectivity index (χ2n) is 9.73. The van der Waals surface area contributed by atoms with Gasteiger partial charge in [0, 0.05) is 18.8 Å². The molecule has 3 N–H and O–H groups in total. The van der Waals surface area contributed by atoms with E-state index in [0.29, 0.717) is 30.8 Å². The van der Waals surface area contributed by atoms with Crippen molar-refractivity contribution in [1.29, 1.82) is 0 Å². The van der Waals surface area contributed by atoms with Crippen molar-refractivity contribution in [2.75, 3.05) is 30.8 Å². The predicted molar refractivity (Wildman–Crippen MR) is 133 cm³/mol. The summed E-state index contributed by atoms with van der Waals surface area (Å²) in [7, 11) is 1.33. The van der Waals surface area contributed by atoms with Gasteiger partial charge in [-0.05, 0) is 69.4 Å². The van der Waals surface area contributed by atoms with Gasteiger partial charge >= 0.3 is 18.1 Å². The summed E-state index contributed by atoms with van der Waals surface area (Å²) >= 11 is 0. The van der Waals surface area contributed by atoms with Gasteiger partial charge in [0.15, 0.2) is 11.6 Å². The highest BCUT2D eigenvalue weighted by molar-refractivity contribution is 6.00. The molecule has 10 heteroatoms. The van der Waals surface area contributed by atoms with Crippen LogP contribution in [0.3, 0.4) is 0 Å². The minimum absolute atomic E-state index is 0.00616. The van der Waals surface area contributed by atoms with Gasteiger partial charge in [-0.2, -0.15) is 0 Å². The molecule has 1 fully saturated rings. The molecule has 1 aliphatic rings. The van der Waals surface area contributed by atoms with Crippen LogP contribution in [0.25, 0.3) is 0 Å². The van der Waals surface area contributed by atoms with E-state index in [0.717, 1.165) is 0 Å². The SMILES string of the molecule is COc1cccc(NC(=O)Nc2cccc(C[C@H](C(=O)O)[C@H]3CCN(C(=O)OC(C)(C)C)C3)c2)c1F. The number of likely N-dealkylation sites (tertiary alicyclic amines) is 1. The number of aliphatic carboxylic acids is 1. The number of hydrogen-bond donors (Lipinski definition) is 3. The van der Waals surface area contributed by atoms with Crippen molar-refractivity contribution in [3.8, 4) is 5.75 Å². The molecule has 2 aromatic rings. The van der Waals surface area contributed by atoms with E-state index in [1.54, 1.807) is 56.0 Å². The van der Waals surface area contributed by atoms with Crippen molar-refractivity contribution in [2.45, 2.75) is 39.2 Å². The minimum atomic E-state index is -0.948. The van der Waals surface area contributed by atoms with Crippen LogP contribution in [-0.2, 0) is 16.0 Å². The molecule has 2 atom stereocenters. The zero-order valence-electron chi connectivity index (χ0n) is 20.8. The minimum Gasteiger partial charge on any atom is -0.494 e. The van der Waals surface area contributed by atoms with Crippen molar-refractivity contribution >= 4 is 29.5 Å². The van der Waals surface area contributed by atoms with Crippen LogP contribution in [0.1, 0.15) is 32.8 Å². The molecule has 1 heterocycles. The average molecular weight is 502 g/mol. The third-order valence-electron chi connectivity index (χ3n) is 5.83. The molecule has 3 rings (SSSR count). The number of rotatable bonds is 7. The van der Waals surface area contributed by atoms with E-state index in [4.69, 9.17) is 9.47 Å². The first-order valence-corrected chi connectivity index (χ1v) is 11.7. The molecule has 0 unspecified atom stereocenters. The van der Waals surface area contributed by atoms with E-state index in [1.807, 2.05) is 0 Å². The van der Waals surface area contributed by atoms with E-state index < -0.39 is 35.4 Å². The van der Waals surface area contributed by atoms with Gasteiger partial charge in [-0.1, -0.05) is 18.2 Å². The number of nitrogens with one attached hydrogen (secondary N) is 2. The number of nitrogens with zero attached hydrogens (tertiary/aromatic N) is 1. The third kappa shape index (κ3) is 7.10. The summed E-state index contributed by atoms with van der Waals surface area (Å²) in [6, 6.07) is 10.6. The van der Waals surface area contributed by atoms with Gasteiger partial charge < -0.3 is 30.1 Å². The molecule has 0 aromatic heterocycles. The summed E-state index contributed by atoms with van der Waals surface area (Å²) in [5, 5.41) is 15.0. The number of amides is 3. The van der Waals surface area contributed by atoms with E-state index >= 15 is 0 Å². The number of anilines is 2. The van der Waals surface area contributed by atoms with Crippen LogP contribution in [0.15, 0.2) is 42.5 Å². The highest BCUT2D eigenvalue weighted by Gasteiger charge is 2.37. The van der Waals surface area contributed by atoms with Crippen molar-refractivity contribution in [1.82, 2.24) is 4.90 Å². The second-order valence-corrected chi connectivity index (χ2v) is 9.73. The summed E-state index contributed by atoms with van der Waals surface area (Å²) in [5.74, 6) is -2.58. The Labute approximate surface area is 209 Å². The lowest BCUT2D eigenvalue weighted by atomic mass is 9.86. The zero-order valence-corrected chi connectivity index (χ0v) is 20.8. The van der Waals surface area contributed by atoms with Gasteiger partial charge in [0.2, 0.25) is 0 Å². The number of carboxylic acids is 1. The van der Waals surface area contributed by atoms with Crippen LogP contribution in [-0.4, -0.2) is 53.9 Å². The fraction of sp³-hybridized carbons (Fsp3) is 0.423. The first-order chi connectivity index (χ1) is 17.0. The Hall–Kier alpha value is -3.82. The lowest BCUT2D eigenvalue weighted by Gasteiger charge is -2.25. The molecule has 3 amide bonds. The maximum Gasteiger partial charge on any atom is 0.410 e.